The topological polar surface area (TPSA) is 20.3 Å². The van der Waals surface area contributed by atoms with E-state index in [9.17, 15) is 4.79 Å². The van der Waals surface area contributed by atoms with Gasteiger partial charge in [0.2, 0.25) is 5.91 Å². The van der Waals surface area contributed by atoms with Crippen LogP contribution in [0.4, 0.5) is 0 Å². The largest absolute Gasteiger partial charge is 0.341 e. The Morgan fingerprint density at radius 2 is 2.40 bits per heavy atom. The number of halogens is 1. The number of rotatable bonds is 1. The fourth-order valence-corrected chi connectivity index (χ4v) is 4.01. The Hall–Kier alpha value is -0.500. The summed E-state index contributed by atoms with van der Waals surface area (Å²) in [5.41, 5.74) is 0.334. The molecule has 82 valence electrons. The summed E-state index contributed by atoms with van der Waals surface area (Å²) in [7, 11) is 0. The molecule has 15 heavy (non-hydrogen) atoms. The maximum atomic E-state index is 11.6. The minimum Gasteiger partial charge on any atom is -0.341 e. The number of nitrogens with zero attached hydrogens (tertiary/aromatic N) is 1. The second kappa shape index (κ2) is 3.00. The fraction of sp³-hybridized carbons (Fsp3) is 0.750. The average molecular weight is 226 g/mol. The minimum absolute atomic E-state index is 0.103. The molecule has 1 aliphatic heterocycles. The zero-order chi connectivity index (χ0) is 10.6. The summed E-state index contributed by atoms with van der Waals surface area (Å²) < 4.78 is 0. The van der Waals surface area contributed by atoms with Crippen LogP contribution >= 0.6 is 11.6 Å². The van der Waals surface area contributed by atoms with Crippen molar-refractivity contribution in [2.75, 3.05) is 19.0 Å². The zero-order valence-corrected chi connectivity index (χ0v) is 9.70. The van der Waals surface area contributed by atoms with Crippen LogP contribution in [0.1, 0.15) is 13.3 Å². The molecule has 2 aliphatic carbocycles. The van der Waals surface area contributed by atoms with Crippen molar-refractivity contribution < 1.29 is 4.79 Å². The Labute approximate surface area is 95.3 Å². The molecule has 2 nitrogen and oxygen atoms in total. The fourth-order valence-electron chi connectivity index (χ4n) is 3.84. The summed E-state index contributed by atoms with van der Waals surface area (Å²) in [6.07, 6.45) is 6.02. The molecular formula is C12H16ClNO. The lowest BCUT2D eigenvalue weighted by Gasteiger charge is -2.31. The van der Waals surface area contributed by atoms with Crippen LogP contribution in [-0.2, 0) is 4.79 Å². The Morgan fingerprint density at radius 1 is 1.60 bits per heavy atom. The molecule has 0 aromatic carbocycles. The third-order valence-corrected chi connectivity index (χ3v) is 4.97. The van der Waals surface area contributed by atoms with Crippen LogP contribution < -0.4 is 0 Å². The van der Waals surface area contributed by atoms with E-state index in [-0.39, 0.29) is 11.8 Å². The maximum absolute atomic E-state index is 11.6. The van der Waals surface area contributed by atoms with Gasteiger partial charge < -0.3 is 4.90 Å². The Balaban J connectivity index is 1.85. The van der Waals surface area contributed by atoms with Crippen molar-refractivity contribution in [1.29, 1.82) is 0 Å². The van der Waals surface area contributed by atoms with E-state index in [1.807, 2.05) is 4.90 Å². The van der Waals surface area contributed by atoms with Crippen LogP contribution in [0.5, 0.6) is 0 Å². The van der Waals surface area contributed by atoms with Crippen LogP contribution in [0, 0.1) is 23.2 Å². The van der Waals surface area contributed by atoms with Crippen LogP contribution in [0.2, 0.25) is 0 Å². The van der Waals surface area contributed by atoms with Gasteiger partial charge in [-0.2, -0.15) is 0 Å². The van der Waals surface area contributed by atoms with Gasteiger partial charge in [0, 0.05) is 13.1 Å². The third kappa shape index (κ3) is 1.14. The van der Waals surface area contributed by atoms with Gasteiger partial charge in [-0.3, -0.25) is 4.79 Å². The van der Waals surface area contributed by atoms with Crippen LogP contribution in [0.15, 0.2) is 12.2 Å². The van der Waals surface area contributed by atoms with Crippen LogP contribution in [0.25, 0.3) is 0 Å². The molecule has 0 aromatic rings. The number of amides is 1. The molecule has 2 bridgehead atoms. The number of carbonyl (C=O) groups excluding carboxylic acids is 1. The lowest BCUT2D eigenvalue weighted by molar-refractivity contribution is -0.128. The molecular weight excluding hydrogens is 210 g/mol. The normalized spacial score (nSPS) is 46.3. The lowest BCUT2D eigenvalue weighted by Crippen LogP contribution is -2.34. The Bertz CT molecular complexity index is 341. The Kier molecular flexibility index (Phi) is 1.94. The number of hydrogen-bond acceptors (Lipinski definition) is 1. The highest BCUT2D eigenvalue weighted by molar-refractivity contribution is 6.27. The molecule has 1 heterocycles. The van der Waals surface area contributed by atoms with Gasteiger partial charge >= 0.3 is 0 Å². The van der Waals surface area contributed by atoms with Crippen molar-refractivity contribution in [1.82, 2.24) is 4.90 Å². The number of carbonyl (C=O) groups is 1. The maximum Gasteiger partial charge on any atom is 0.237 e. The van der Waals surface area contributed by atoms with E-state index in [1.165, 1.54) is 6.42 Å². The first kappa shape index (κ1) is 9.71. The van der Waals surface area contributed by atoms with E-state index in [2.05, 4.69) is 19.1 Å². The molecule has 1 saturated carbocycles. The SMILES string of the molecule is C[C@]12CN(C(=O)CCl)C[C@H]1[C@H]1C=C[C@@H]2C1. The van der Waals surface area contributed by atoms with Crippen molar-refractivity contribution in [2.24, 2.45) is 23.2 Å². The predicted octanol–water partition coefficient (Wildman–Crippen LogP) is 1.90. The predicted molar refractivity (Wildman–Crippen MR) is 59.6 cm³/mol. The summed E-state index contributed by atoms with van der Waals surface area (Å²) >= 11 is 5.62. The molecule has 1 amide bonds. The molecule has 3 rings (SSSR count). The molecule has 0 unspecified atom stereocenters. The lowest BCUT2D eigenvalue weighted by atomic mass is 9.72. The van der Waals surface area contributed by atoms with Gasteiger partial charge in [0.1, 0.15) is 5.88 Å². The van der Waals surface area contributed by atoms with Gasteiger partial charge in [-0.05, 0) is 29.6 Å². The number of hydrogen-bond donors (Lipinski definition) is 0. The molecule has 0 spiro atoms. The molecule has 0 radical (unpaired) electrons. The summed E-state index contributed by atoms with van der Waals surface area (Å²) in [6, 6.07) is 0. The van der Waals surface area contributed by atoms with E-state index in [0.29, 0.717) is 23.2 Å². The summed E-state index contributed by atoms with van der Waals surface area (Å²) in [5, 5.41) is 0. The zero-order valence-electron chi connectivity index (χ0n) is 8.95. The smallest absolute Gasteiger partial charge is 0.237 e. The summed E-state index contributed by atoms with van der Waals surface area (Å²) in [6.45, 7) is 4.18. The molecule has 3 heteroatoms. The first-order chi connectivity index (χ1) is 7.15. The third-order valence-electron chi connectivity index (χ3n) is 4.74. The van der Waals surface area contributed by atoms with Gasteiger partial charge in [0.25, 0.3) is 0 Å². The highest BCUT2D eigenvalue weighted by atomic mass is 35.5. The molecule has 3 aliphatic rings. The highest BCUT2D eigenvalue weighted by Crippen LogP contribution is 2.59. The van der Waals surface area contributed by atoms with E-state index >= 15 is 0 Å². The number of allylic oxidation sites excluding steroid dienone is 2. The standard InChI is InChI=1S/C12H16ClNO/c1-12-7-14(11(15)5-13)6-10(12)8-2-3-9(12)4-8/h2-3,8-10H,4-7H2,1H3/t8-,9+,10-,12+/m0/s1. The second-order valence-electron chi connectivity index (χ2n) is 5.41. The first-order valence-electron chi connectivity index (χ1n) is 5.67. The van der Waals surface area contributed by atoms with Gasteiger partial charge in [0.15, 0.2) is 0 Å². The Morgan fingerprint density at radius 3 is 3.07 bits per heavy atom. The molecule has 2 fully saturated rings. The minimum atomic E-state index is 0.103. The van der Waals surface area contributed by atoms with Gasteiger partial charge in [-0.15, -0.1) is 11.6 Å². The van der Waals surface area contributed by atoms with E-state index < -0.39 is 0 Å². The molecule has 1 saturated heterocycles. The highest BCUT2D eigenvalue weighted by Gasteiger charge is 2.57. The number of fused-ring (bicyclic) bond motifs is 5. The molecule has 4 atom stereocenters. The van der Waals surface area contributed by atoms with Crippen molar-refractivity contribution >= 4 is 17.5 Å². The van der Waals surface area contributed by atoms with Crippen molar-refractivity contribution in [3.63, 3.8) is 0 Å². The van der Waals surface area contributed by atoms with E-state index in [4.69, 9.17) is 11.6 Å². The molecule has 0 aromatic heterocycles. The van der Waals surface area contributed by atoms with Crippen LogP contribution in [0.3, 0.4) is 0 Å². The monoisotopic (exact) mass is 225 g/mol. The quantitative estimate of drug-likeness (QED) is 0.493. The van der Waals surface area contributed by atoms with Crippen molar-refractivity contribution in [3.05, 3.63) is 12.2 Å². The average Bonchev–Trinajstić information content (AvgIpc) is 2.85. The van der Waals surface area contributed by atoms with Gasteiger partial charge in [0.05, 0.1) is 0 Å². The van der Waals surface area contributed by atoms with E-state index in [1.54, 1.807) is 0 Å². The summed E-state index contributed by atoms with van der Waals surface area (Å²) in [5.74, 6) is 2.33. The van der Waals surface area contributed by atoms with Gasteiger partial charge in [-0.1, -0.05) is 19.1 Å². The summed E-state index contributed by atoms with van der Waals surface area (Å²) in [4.78, 5) is 13.6. The van der Waals surface area contributed by atoms with Crippen molar-refractivity contribution in [3.8, 4) is 0 Å². The molecule has 0 N–H and O–H groups in total. The second-order valence-corrected chi connectivity index (χ2v) is 5.68. The van der Waals surface area contributed by atoms with Crippen LogP contribution in [-0.4, -0.2) is 29.8 Å². The first-order valence-corrected chi connectivity index (χ1v) is 6.20. The van der Waals surface area contributed by atoms with Gasteiger partial charge in [-0.25, -0.2) is 0 Å². The number of likely N-dealkylation sites (tertiary alicyclic amines) is 1. The van der Waals surface area contributed by atoms with Crippen molar-refractivity contribution in [2.45, 2.75) is 13.3 Å². The van der Waals surface area contributed by atoms with E-state index in [0.717, 1.165) is 13.1 Å². The number of alkyl halides is 1.